The number of fused-ring (bicyclic) bond motifs is 8. The van der Waals surface area contributed by atoms with Crippen LogP contribution < -0.4 is 26.5 Å². The number of rotatable bonds is 43. The van der Waals surface area contributed by atoms with Crippen LogP contribution in [0.5, 0.6) is 5.75 Å². The number of benzene rings is 8. The number of methoxy groups -OCH3 is 1. The van der Waals surface area contributed by atoms with Gasteiger partial charge in [0, 0.05) is 44.5 Å². The fraction of sp³-hybridized carbons (Fsp3) is 0.480. The van der Waals surface area contributed by atoms with Gasteiger partial charge in [0.2, 0.25) is 0 Å². The molecular formula is C123H162N4O7S4. The second kappa shape index (κ2) is 54.6. The fourth-order valence-electron chi connectivity index (χ4n) is 18.2. The largest absolute Gasteiger partial charge is 0.494 e. The van der Waals surface area contributed by atoms with Crippen molar-refractivity contribution in [1.82, 2.24) is 19.9 Å². The van der Waals surface area contributed by atoms with Crippen LogP contribution in [0.3, 0.4) is 0 Å². The second-order valence-electron chi connectivity index (χ2n) is 41.3. The highest BCUT2D eigenvalue weighted by molar-refractivity contribution is 7.22. The van der Waals surface area contributed by atoms with Crippen LogP contribution >= 0.6 is 45.3 Å². The minimum absolute atomic E-state index is 0.0817. The molecule has 0 amide bonds. The van der Waals surface area contributed by atoms with Crippen LogP contribution in [-0.2, 0) is 25.7 Å². The molecule has 740 valence electrons. The van der Waals surface area contributed by atoms with E-state index in [0.29, 0.717) is 49.3 Å². The van der Waals surface area contributed by atoms with E-state index in [-0.39, 0.29) is 21.7 Å². The van der Waals surface area contributed by atoms with E-state index in [1.807, 2.05) is 129 Å². The summed E-state index contributed by atoms with van der Waals surface area (Å²) in [6.07, 6.45) is 47.4. The van der Waals surface area contributed by atoms with Crippen LogP contribution in [0.4, 0.5) is 0 Å². The minimum Gasteiger partial charge on any atom is -0.494 e. The molecule has 2 N–H and O–H groups in total. The smallest absolute Gasteiger partial charge is 0.189 e. The Bertz CT molecular complexity index is 6450. The molecule has 4 aliphatic heterocycles. The number of para-hydroxylation sites is 4. The van der Waals surface area contributed by atoms with E-state index in [1.165, 1.54) is 83.1 Å². The lowest BCUT2D eigenvalue weighted by molar-refractivity contribution is 0.0385. The minimum atomic E-state index is -0.829. The van der Waals surface area contributed by atoms with Crippen molar-refractivity contribution in [3.8, 4) is 48.0 Å². The Kier molecular flexibility index (Phi) is 44.4. The molecule has 0 saturated carbocycles. The van der Waals surface area contributed by atoms with Crippen molar-refractivity contribution >= 4 is 86.2 Å². The SMILES string of the molecule is CC(C)=CCC/C(C)=C/CC/C(C)=C/CC[C@@](C)(O)CCc1c2sc3ccccc3nc-2c(C)c(C)c1=O.CC(C)=CCC/C(C)=C/CC/C(C)=C/CCc1c2sc3ccccc3nc-2c(C)c(C)c1=O.COc1c2nc3ccccc3sc-2c(CC/C=C(\C)CCC=C(C)C)c(=O)c1C.Cc1c2nc3ccccc3sc-2c(CC[C@](C)(O)CCC[C@H](C)CCC[C@H](C)CCCC(C)C)c(=O)c1C. The first-order chi connectivity index (χ1) is 65.7. The highest BCUT2D eigenvalue weighted by Crippen LogP contribution is 2.43. The van der Waals surface area contributed by atoms with Crippen LogP contribution in [0.15, 0.2) is 209 Å². The Morgan fingerprint density at radius 1 is 0.326 bits per heavy atom. The van der Waals surface area contributed by atoms with Crippen molar-refractivity contribution in [3.63, 3.8) is 0 Å². The fourth-order valence-corrected chi connectivity index (χ4v) is 22.9. The van der Waals surface area contributed by atoms with E-state index in [0.717, 1.165) is 266 Å². The van der Waals surface area contributed by atoms with Gasteiger partial charge >= 0.3 is 0 Å². The third-order valence-electron chi connectivity index (χ3n) is 27.6. The van der Waals surface area contributed by atoms with Gasteiger partial charge in [0.05, 0.1) is 95.8 Å². The molecular weight excluding hydrogens is 1770 g/mol. The van der Waals surface area contributed by atoms with Gasteiger partial charge in [-0.25, -0.2) is 19.9 Å². The van der Waals surface area contributed by atoms with Gasteiger partial charge < -0.3 is 14.9 Å². The van der Waals surface area contributed by atoms with Crippen molar-refractivity contribution in [1.29, 1.82) is 0 Å². The van der Waals surface area contributed by atoms with E-state index in [4.69, 9.17) is 24.7 Å². The molecule has 4 heterocycles. The first-order valence-corrected chi connectivity index (χ1v) is 54.4. The Balaban J connectivity index is 0.000000207. The van der Waals surface area contributed by atoms with E-state index in [1.54, 1.807) is 52.5 Å². The van der Waals surface area contributed by atoms with Gasteiger partial charge in [-0.3, -0.25) is 19.2 Å². The molecule has 12 rings (SSSR count). The normalized spacial score (nSPS) is 13.6. The monoisotopic (exact) mass is 1940 g/mol. The maximum Gasteiger partial charge on any atom is 0.189 e. The predicted molar refractivity (Wildman–Crippen MR) is 601 cm³/mol. The Labute approximate surface area is 843 Å². The molecule has 0 radical (unpaired) electrons. The Hall–Kier alpha value is -9.32. The van der Waals surface area contributed by atoms with Gasteiger partial charge in [-0.05, 0) is 356 Å². The van der Waals surface area contributed by atoms with Crippen LogP contribution in [0.1, 0.15) is 339 Å². The summed E-state index contributed by atoms with van der Waals surface area (Å²) in [6.45, 7) is 50.7. The molecule has 0 bridgehead atoms. The second-order valence-corrected chi connectivity index (χ2v) is 45.5. The predicted octanol–water partition coefficient (Wildman–Crippen LogP) is 34.2. The highest BCUT2D eigenvalue weighted by Gasteiger charge is 2.30. The number of allylic oxidation sites excluding steroid dienone is 16. The van der Waals surface area contributed by atoms with E-state index in [2.05, 4.69) is 183 Å². The number of aromatic nitrogens is 4. The zero-order chi connectivity index (χ0) is 101. The van der Waals surface area contributed by atoms with Crippen molar-refractivity contribution < 1.29 is 14.9 Å². The lowest BCUT2D eigenvalue weighted by Crippen LogP contribution is -2.27. The summed E-state index contributed by atoms with van der Waals surface area (Å²) in [4.78, 5) is 76.3. The summed E-state index contributed by atoms with van der Waals surface area (Å²) in [5, 5.41) is 22.4. The maximum atomic E-state index is 13.3. The van der Waals surface area contributed by atoms with Crippen molar-refractivity contribution in [2.24, 2.45) is 17.8 Å². The molecule has 138 heavy (non-hydrogen) atoms. The van der Waals surface area contributed by atoms with Crippen molar-refractivity contribution in [3.05, 3.63) is 292 Å². The maximum absolute atomic E-state index is 13.3. The van der Waals surface area contributed by atoms with Crippen molar-refractivity contribution in [2.45, 2.75) is 364 Å². The van der Waals surface area contributed by atoms with Gasteiger partial charge in [-0.1, -0.05) is 221 Å². The van der Waals surface area contributed by atoms with Gasteiger partial charge in [0.15, 0.2) is 27.5 Å². The molecule has 0 aromatic heterocycles. The van der Waals surface area contributed by atoms with E-state index in [9.17, 15) is 29.4 Å². The number of hydrogen-bond donors (Lipinski definition) is 2. The summed E-state index contributed by atoms with van der Waals surface area (Å²) in [5.41, 5.74) is 27.0. The van der Waals surface area contributed by atoms with E-state index < -0.39 is 11.2 Å². The molecule has 4 aromatic rings. The third kappa shape index (κ3) is 33.4. The number of aliphatic hydroxyl groups is 2. The van der Waals surface area contributed by atoms with Gasteiger partial charge in [0.25, 0.3) is 0 Å². The van der Waals surface area contributed by atoms with Crippen molar-refractivity contribution in [2.75, 3.05) is 7.11 Å². The molecule has 4 aromatic carbocycles. The lowest BCUT2D eigenvalue weighted by atomic mass is 9.87. The van der Waals surface area contributed by atoms with E-state index >= 15 is 0 Å². The van der Waals surface area contributed by atoms with Gasteiger partial charge in [-0.2, -0.15) is 0 Å². The average Bonchev–Trinajstić information content (AvgIpc) is 0.774. The van der Waals surface area contributed by atoms with Crippen LogP contribution in [-0.4, -0.2) is 48.5 Å². The zero-order valence-electron chi connectivity index (χ0n) is 88.5. The number of hydrogen-bond acceptors (Lipinski definition) is 15. The molecule has 0 unspecified atom stereocenters. The standard InChI is InChI=1S/C34H51NO2S.C34H45NO2S.C30H37NOS.C25H29NO2S/c2*1-23(2)13-10-14-24(3)15-11-16-25(4)17-12-21-34(7,37)22-20-28-32(36)27(6)26(5)31-33(28)38-30-19-9-8-18-29(30)35-31;1-20(2)12-9-13-21(3)14-10-15-22(4)16-11-17-25-29(32)24(6)23(5)28-30(25)33-27-19-8-7-18-26(27)31-28;1-16(2)10-8-11-17(3)12-9-13-19-23(27)18(4)24(28-5)22-25(19)29-21-15-7-6-14-20(21)26-22/h8-9,18-19,23-25,37H,10-17,20-22H2,1-7H3;8-9,13,15,17-19,37H,10-12,14,16,20-22H2,1-7H3;7-8,12,14,16,18-19H,9-11,13,15,17H2,1-6H3;6-7,10,12,14-15H,8-9,11,13H2,1-5H3/b;24-15+,25-17+;21-14+,22-16+;17-12+/t24-,25-,34-;34-;;/m11../s1. The quantitative estimate of drug-likeness (QED) is 0.0275. The zero-order valence-corrected chi connectivity index (χ0v) is 91.7. The number of nitrogens with zero attached hydrogens (tertiary/aromatic N) is 4. The summed E-state index contributed by atoms with van der Waals surface area (Å²) >= 11 is 6.64. The average molecular weight is 1940 g/mol. The summed E-state index contributed by atoms with van der Waals surface area (Å²) in [5.74, 6) is 2.96. The highest BCUT2D eigenvalue weighted by atomic mass is 32.1. The van der Waals surface area contributed by atoms with Gasteiger partial charge in [0.1, 0.15) is 5.69 Å². The van der Waals surface area contributed by atoms with Gasteiger partial charge in [-0.15, -0.1) is 45.3 Å². The summed E-state index contributed by atoms with van der Waals surface area (Å²) in [6, 6.07) is 32.5. The molecule has 15 heteroatoms. The summed E-state index contributed by atoms with van der Waals surface area (Å²) < 4.78 is 9.96. The first-order valence-electron chi connectivity index (χ1n) is 51.1. The Morgan fingerprint density at radius 3 is 0.920 bits per heavy atom. The summed E-state index contributed by atoms with van der Waals surface area (Å²) in [7, 11) is 1.61. The van der Waals surface area contributed by atoms with Crippen LogP contribution in [0, 0.1) is 66.2 Å². The van der Waals surface area contributed by atoms with Crippen LogP contribution in [0.2, 0.25) is 0 Å². The lowest BCUT2D eigenvalue weighted by Gasteiger charge is -2.25. The Morgan fingerprint density at radius 2 is 0.594 bits per heavy atom. The topological polar surface area (TPSA) is 170 Å². The molecule has 4 aliphatic carbocycles. The third-order valence-corrected chi connectivity index (χ3v) is 32.4. The molecule has 0 spiro atoms. The van der Waals surface area contributed by atoms with Crippen LogP contribution in [0.25, 0.3) is 83.2 Å². The molecule has 0 fully saturated rings. The molecule has 4 atom stereocenters. The number of ether oxygens (including phenoxy) is 1. The molecule has 11 nitrogen and oxygen atoms in total. The first kappa shape index (κ1) is 112. The molecule has 0 saturated heterocycles. The molecule has 8 aliphatic rings.